The topological polar surface area (TPSA) is 85.1 Å². The second-order valence-electron chi connectivity index (χ2n) is 8.35. The monoisotopic (exact) mass is 426 g/mol. The van der Waals surface area contributed by atoms with E-state index in [-0.39, 0.29) is 6.10 Å². The van der Waals surface area contributed by atoms with Gasteiger partial charge in [-0.05, 0) is 26.7 Å². The van der Waals surface area contributed by atoms with Crippen LogP contribution in [0, 0.1) is 13.8 Å². The number of rotatable bonds is 3. The molecule has 2 atom stereocenters. The second kappa shape index (κ2) is 7.99. The van der Waals surface area contributed by atoms with Crippen molar-refractivity contribution in [1.82, 2.24) is 29.7 Å². The van der Waals surface area contributed by atoms with Gasteiger partial charge in [-0.15, -0.1) is 0 Å². The number of halogens is 1. The number of morpholine rings is 1. The number of ether oxygens (including phenoxy) is 1. The van der Waals surface area contributed by atoms with Crippen molar-refractivity contribution in [2.24, 2.45) is 7.05 Å². The second-order valence-corrected chi connectivity index (χ2v) is 8.35. The summed E-state index contributed by atoms with van der Waals surface area (Å²) in [7, 11) is 1.89. The maximum Gasteiger partial charge on any atom is 0.229 e. The van der Waals surface area contributed by atoms with E-state index in [1.165, 1.54) is 0 Å². The molecule has 5 rings (SSSR count). The van der Waals surface area contributed by atoms with E-state index < -0.39 is 6.17 Å². The fourth-order valence-electron chi connectivity index (χ4n) is 4.21. The lowest BCUT2D eigenvalue weighted by molar-refractivity contribution is 0.0392. The number of nitrogens with zero attached hydrogens (tertiary/aromatic N) is 8. The minimum Gasteiger partial charge on any atom is -0.370 e. The van der Waals surface area contributed by atoms with Crippen LogP contribution >= 0.6 is 0 Å². The lowest BCUT2D eigenvalue weighted by atomic mass is 10.1. The molecule has 31 heavy (non-hydrogen) atoms. The molecule has 2 aliphatic rings. The Bertz CT molecular complexity index is 1100. The quantitative estimate of drug-likeness (QED) is 0.631. The first-order valence-corrected chi connectivity index (χ1v) is 10.7. The molecule has 0 aliphatic carbocycles. The highest BCUT2D eigenvalue weighted by molar-refractivity contribution is 5.84. The van der Waals surface area contributed by atoms with Crippen LogP contribution in [-0.4, -0.2) is 68.7 Å². The zero-order valence-electron chi connectivity index (χ0n) is 18.1. The van der Waals surface area contributed by atoms with Gasteiger partial charge in [0.15, 0.2) is 17.0 Å². The summed E-state index contributed by atoms with van der Waals surface area (Å²) in [4.78, 5) is 23.1. The highest BCUT2D eigenvalue weighted by atomic mass is 19.1. The molecule has 0 aromatic carbocycles. The number of aryl methyl sites for hydroxylation is 3. The average molecular weight is 427 g/mol. The molecule has 0 N–H and O–H groups in total. The summed E-state index contributed by atoms with van der Waals surface area (Å²) in [5.41, 5.74) is 3.88. The Kier molecular flexibility index (Phi) is 5.17. The average Bonchev–Trinajstić information content (AvgIpc) is 3.20. The number of piperidine rings is 1. The molecule has 2 aliphatic heterocycles. The van der Waals surface area contributed by atoms with Crippen LogP contribution in [0.15, 0.2) is 12.4 Å². The van der Waals surface area contributed by atoms with E-state index >= 15 is 0 Å². The van der Waals surface area contributed by atoms with Crippen molar-refractivity contribution in [2.45, 2.75) is 39.0 Å². The molecule has 3 aromatic heterocycles. The summed E-state index contributed by atoms with van der Waals surface area (Å²) < 4.78 is 21.9. The highest BCUT2D eigenvalue weighted by Crippen LogP contribution is 2.30. The molecule has 0 spiro atoms. The molecule has 0 amide bonds. The van der Waals surface area contributed by atoms with Gasteiger partial charge in [0.25, 0.3) is 0 Å². The lowest BCUT2D eigenvalue weighted by Crippen LogP contribution is -2.40. The summed E-state index contributed by atoms with van der Waals surface area (Å²) >= 11 is 0. The van der Waals surface area contributed by atoms with Gasteiger partial charge in [-0.2, -0.15) is 15.1 Å². The van der Waals surface area contributed by atoms with Crippen LogP contribution in [-0.2, 0) is 11.8 Å². The fraction of sp³-hybridized carbons (Fsp3) is 0.571. The molecule has 0 saturated carbocycles. The number of hydrogen-bond acceptors (Lipinski definition) is 8. The number of anilines is 2. The van der Waals surface area contributed by atoms with E-state index in [4.69, 9.17) is 19.7 Å². The molecule has 0 bridgehead atoms. The van der Waals surface area contributed by atoms with Crippen molar-refractivity contribution in [3.8, 4) is 0 Å². The highest BCUT2D eigenvalue weighted by Gasteiger charge is 2.28. The number of aromatic nitrogens is 6. The van der Waals surface area contributed by atoms with Gasteiger partial charge in [-0.1, -0.05) is 0 Å². The third-order valence-electron chi connectivity index (χ3n) is 6.02. The van der Waals surface area contributed by atoms with Gasteiger partial charge in [0.05, 0.1) is 37.3 Å². The third kappa shape index (κ3) is 3.91. The van der Waals surface area contributed by atoms with Crippen LogP contribution in [0.5, 0.6) is 0 Å². The van der Waals surface area contributed by atoms with E-state index in [1.807, 2.05) is 38.2 Å². The summed E-state index contributed by atoms with van der Waals surface area (Å²) in [6.45, 7) is 6.77. The van der Waals surface area contributed by atoms with Gasteiger partial charge < -0.3 is 14.5 Å². The minimum atomic E-state index is -0.861. The molecule has 5 heterocycles. The molecule has 2 fully saturated rings. The van der Waals surface area contributed by atoms with Gasteiger partial charge in [-0.25, -0.2) is 14.4 Å². The van der Waals surface area contributed by atoms with Crippen molar-refractivity contribution in [1.29, 1.82) is 0 Å². The van der Waals surface area contributed by atoms with Crippen molar-refractivity contribution in [3.05, 3.63) is 29.3 Å². The Morgan fingerprint density at radius 3 is 2.65 bits per heavy atom. The Labute approximate surface area is 180 Å². The zero-order valence-corrected chi connectivity index (χ0v) is 18.1. The number of fused-ring (bicyclic) bond motifs is 1. The van der Waals surface area contributed by atoms with E-state index in [1.54, 1.807) is 4.68 Å². The normalized spacial score (nSPS) is 22.3. The first-order valence-electron chi connectivity index (χ1n) is 10.7. The summed E-state index contributed by atoms with van der Waals surface area (Å²) in [5.74, 6) is 1.25. The fourth-order valence-corrected chi connectivity index (χ4v) is 4.21. The molecular formula is C21H27FN8O. The van der Waals surface area contributed by atoms with E-state index in [0.29, 0.717) is 55.6 Å². The van der Waals surface area contributed by atoms with Crippen LogP contribution < -0.4 is 9.80 Å². The van der Waals surface area contributed by atoms with Crippen molar-refractivity contribution >= 4 is 22.9 Å². The van der Waals surface area contributed by atoms with E-state index in [0.717, 1.165) is 29.9 Å². The Balaban J connectivity index is 1.54. The van der Waals surface area contributed by atoms with Gasteiger partial charge in [0.2, 0.25) is 5.95 Å². The Morgan fingerprint density at radius 2 is 1.87 bits per heavy atom. The van der Waals surface area contributed by atoms with Gasteiger partial charge in [0, 0.05) is 31.9 Å². The van der Waals surface area contributed by atoms with Crippen LogP contribution in [0.1, 0.15) is 35.9 Å². The molecule has 2 saturated heterocycles. The summed E-state index contributed by atoms with van der Waals surface area (Å²) in [5, 5.41) is 4.26. The van der Waals surface area contributed by atoms with Crippen molar-refractivity contribution < 1.29 is 9.13 Å². The smallest absolute Gasteiger partial charge is 0.229 e. The maximum absolute atomic E-state index is 14.2. The predicted molar refractivity (Wildman–Crippen MR) is 115 cm³/mol. The maximum atomic E-state index is 14.2. The van der Waals surface area contributed by atoms with Crippen LogP contribution in [0.4, 0.5) is 16.2 Å². The first kappa shape index (κ1) is 20.0. The Morgan fingerprint density at radius 1 is 1.03 bits per heavy atom. The largest absolute Gasteiger partial charge is 0.370 e. The molecule has 3 aromatic rings. The molecule has 164 valence electrons. The third-order valence-corrected chi connectivity index (χ3v) is 6.02. The van der Waals surface area contributed by atoms with Crippen LogP contribution in [0.3, 0.4) is 0 Å². The predicted octanol–water partition coefficient (Wildman–Crippen LogP) is 2.29. The SMILES string of the molecule is Cc1nc2nc(N3CCO[C@H](c4cnn(C)c4)C3)nc(N3CCC[C@@H](F)C3)c2nc1C. The molecule has 0 radical (unpaired) electrons. The van der Waals surface area contributed by atoms with Crippen LogP contribution in [0.2, 0.25) is 0 Å². The molecule has 9 nitrogen and oxygen atoms in total. The van der Waals surface area contributed by atoms with Gasteiger partial charge >= 0.3 is 0 Å². The van der Waals surface area contributed by atoms with E-state index in [9.17, 15) is 4.39 Å². The molecule has 10 heteroatoms. The summed E-state index contributed by atoms with van der Waals surface area (Å²) in [6, 6.07) is 0. The Hall–Kier alpha value is -2.88. The number of alkyl halides is 1. The first-order chi connectivity index (χ1) is 15.0. The van der Waals surface area contributed by atoms with E-state index in [2.05, 4.69) is 15.0 Å². The molecule has 0 unspecified atom stereocenters. The van der Waals surface area contributed by atoms with Crippen LogP contribution in [0.25, 0.3) is 11.2 Å². The van der Waals surface area contributed by atoms with Crippen molar-refractivity contribution in [2.75, 3.05) is 42.6 Å². The minimum absolute atomic E-state index is 0.110. The molecular weight excluding hydrogens is 399 g/mol. The lowest BCUT2D eigenvalue weighted by Gasteiger charge is -2.34. The van der Waals surface area contributed by atoms with Crippen molar-refractivity contribution in [3.63, 3.8) is 0 Å². The standard InChI is InChI=1S/C21H27FN8O/c1-13-14(2)25-19-18(24-13)20(29-6-4-5-16(22)11-29)27-21(26-19)30-7-8-31-17(12-30)15-9-23-28(3)10-15/h9-10,16-17H,4-8,11-12H2,1-3H3/t16-,17+/m1/s1. The van der Waals surface area contributed by atoms with Gasteiger partial charge in [-0.3, -0.25) is 4.68 Å². The zero-order chi connectivity index (χ0) is 21.5. The summed E-state index contributed by atoms with van der Waals surface area (Å²) in [6.07, 6.45) is 4.20. The number of hydrogen-bond donors (Lipinski definition) is 0. The van der Waals surface area contributed by atoms with Gasteiger partial charge in [0.1, 0.15) is 12.3 Å².